The molecule has 140 valence electrons. The van der Waals surface area contributed by atoms with Crippen LogP contribution in [0.2, 0.25) is 0 Å². The van der Waals surface area contributed by atoms with E-state index in [1.165, 1.54) is 11.3 Å². The van der Waals surface area contributed by atoms with Gasteiger partial charge in [-0.05, 0) is 43.2 Å². The second-order valence-electron chi connectivity index (χ2n) is 5.85. The zero-order valence-electron chi connectivity index (χ0n) is 15.3. The van der Waals surface area contributed by atoms with E-state index in [1.807, 2.05) is 43.3 Å². The van der Waals surface area contributed by atoms with Gasteiger partial charge in [-0.25, -0.2) is 4.98 Å². The summed E-state index contributed by atoms with van der Waals surface area (Å²) < 4.78 is 10.8. The summed E-state index contributed by atoms with van der Waals surface area (Å²) in [6.07, 6.45) is 4.09. The first kappa shape index (κ1) is 18.8. The molecule has 1 amide bonds. The van der Waals surface area contributed by atoms with Crippen LogP contribution in [0, 0.1) is 6.92 Å². The fraction of sp³-hybridized carbons (Fsp3) is 0.250. The van der Waals surface area contributed by atoms with Crippen LogP contribution in [0.1, 0.15) is 25.9 Å². The summed E-state index contributed by atoms with van der Waals surface area (Å²) in [4.78, 5) is 21.5. The van der Waals surface area contributed by atoms with E-state index < -0.39 is 0 Å². The van der Waals surface area contributed by atoms with Crippen LogP contribution in [0.3, 0.4) is 0 Å². The van der Waals surface area contributed by atoms with Crippen molar-refractivity contribution < 1.29 is 14.3 Å². The Kier molecular flexibility index (Phi) is 6.38. The normalized spacial score (nSPS) is 10.4. The van der Waals surface area contributed by atoms with Crippen LogP contribution in [0.5, 0.6) is 11.5 Å². The van der Waals surface area contributed by atoms with Crippen LogP contribution in [0.25, 0.3) is 0 Å². The number of carbonyl (C=O) groups excluding carboxylic acids is 1. The first-order valence-corrected chi connectivity index (χ1v) is 9.37. The van der Waals surface area contributed by atoms with Crippen molar-refractivity contribution in [3.05, 3.63) is 69.9 Å². The van der Waals surface area contributed by atoms with Crippen LogP contribution < -0.4 is 14.8 Å². The minimum atomic E-state index is -0.105. The summed E-state index contributed by atoms with van der Waals surface area (Å²) >= 11 is 1.35. The summed E-state index contributed by atoms with van der Waals surface area (Å²) in [6.45, 7) is 2.71. The highest BCUT2D eigenvalue weighted by Crippen LogP contribution is 2.20. The summed E-state index contributed by atoms with van der Waals surface area (Å²) in [5.74, 6) is 1.39. The number of pyridine rings is 1. The molecule has 3 aromatic rings. The monoisotopic (exact) mass is 383 g/mol. The van der Waals surface area contributed by atoms with Crippen molar-refractivity contribution in [3.8, 4) is 11.5 Å². The SMILES string of the molecule is COc1ccc(CCNC(=O)c2sc(COc3cccnc3)nc2C)cc1. The van der Waals surface area contributed by atoms with Crippen molar-refractivity contribution in [2.45, 2.75) is 20.0 Å². The number of benzene rings is 1. The molecule has 0 bridgehead atoms. The molecular formula is C20H21N3O3S. The zero-order valence-corrected chi connectivity index (χ0v) is 16.1. The van der Waals surface area contributed by atoms with Crippen molar-refractivity contribution in [1.29, 1.82) is 0 Å². The molecule has 0 radical (unpaired) electrons. The van der Waals surface area contributed by atoms with Gasteiger partial charge in [-0.1, -0.05) is 12.1 Å². The second-order valence-corrected chi connectivity index (χ2v) is 6.94. The average molecular weight is 383 g/mol. The second kappa shape index (κ2) is 9.14. The Labute approximate surface area is 162 Å². The molecule has 0 fully saturated rings. The minimum Gasteiger partial charge on any atom is -0.497 e. The molecular weight excluding hydrogens is 362 g/mol. The number of methoxy groups -OCH3 is 1. The van der Waals surface area contributed by atoms with Gasteiger partial charge in [0.25, 0.3) is 5.91 Å². The Balaban J connectivity index is 1.51. The quantitative estimate of drug-likeness (QED) is 0.645. The van der Waals surface area contributed by atoms with Crippen LogP contribution in [-0.2, 0) is 13.0 Å². The molecule has 0 aliphatic carbocycles. The number of ether oxygens (including phenoxy) is 2. The maximum absolute atomic E-state index is 12.4. The smallest absolute Gasteiger partial charge is 0.263 e. The number of rotatable bonds is 8. The third kappa shape index (κ3) is 5.27. The Morgan fingerprint density at radius 2 is 2.00 bits per heavy atom. The third-order valence-corrected chi connectivity index (χ3v) is 5.03. The summed E-state index contributed by atoms with van der Waals surface area (Å²) in [7, 11) is 1.64. The lowest BCUT2D eigenvalue weighted by atomic mass is 10.1. The first-order chi connectivity index (χ1) is 13.2. The standard InChI is InChI=1S/C20H21N3O3S/c1-14-19(27-18(23-14)13-26-17-4-3-10-21-12-17)20(24)22-11-9-15-5-7-16(25-2)8-6-15/h3-8,10,12H,9,11,13H2,1-2H3,(H,22,24). The molecule has 0 saturated heterocycles. The molecule has 1 aromatic carbocycles. The maximum atomic E-state index is 12.4. The predicted molar refractivity (Wildman–Crippen MR) is 104 cm³/mol. The lowest BCUT2D eigenvalue weighted by molar-refractivity contribution is 0.0957. The van der Waals surface area contributed by atoms with Crippen LogP contribution in [-0.4, -0.2) is 29.5 Å². The lowest BCUT2D eigenvalue weighted by Crippen LogP contribution is -2.25. The van der Waals surface area contributed by atoms with Crippen LogP contribution in [0.4, 0.5) is 0 Å². The molecule has 0 unspecified atom stereocenters. The molecule has 0 spiro atoms. The van der Waals surface area contributed by atoms with Gasteiger partial charge in [-0.15, -0.1) is 11.3 Å². The number of amides is 1. The van der Waals surface area contributed by atoms with Gasteiger partial charge in [0, 0.05) is 12.7 Å². The van der Waals surface area contributed by atoms with Gasteiger partial charge >= 0.3 is 0 Å². The summed E-state index contributed by atoms with van der Waals surface area (Å²) in [6, 6.07) is 11.5. The van der Waals surface area contributed by atoms with E-state index in [0.29, 0.717) is 29.5 Å². The average Bonchev–Trinajstić information content (AvgIpc) is 3.08. The summed E-state index contributed by atoms with van der Waals surface area (Å²) in [5.41, 5.74) is 1.86. The van der Waals surface area contributed by atoms with Crippen molar-refractivity contribution >= 4 is 17.2 Å². The molecule has 27 heavy (non-hydrogen) atoms. The molecule has 6 nitrogen and oxygen atoms in total. The first-order valence-electron chi connectivity index (χ1n) is 8.56. The highest BCUT2D eigenvalue weighted by Gasteiger charge is 2.15. The molecule has 1 N–H and O–H groups in total. The summed E-state index contributed by atoms with van der Waals surface area (Å²) in [5, 5.41) is 3.71. The number of nitrogens with one attached hydrogen (secondary N) is 1. The van der Waals surface area contributed by atoms with Gasteiger partial charge in [0.2, 0.25) is 0 Å². The molecule has 7 heteroatoms. The number of nitrogens with zero attached hydrogens (tertiary/aromatic N) is 2. The molecule has 2 aromatic heterocycles. The Bertz CT molecular complexity index is 879. The molecule has 0 atom stereocenters. The van der Waals surface area contributed by atoms with Crippen molar-refractivity contribution in [3.63, 3.8) is 0 Å². The predicted octanol–water partition coefficient (Wildman–Crippen LogP) is 3.41. The zero-order chi connectivity index (χ0) is 19.1. The van der Waals surface area contributed by atoms with E-state index >= 15 is 0 Å². The number of aryl methyl sites for hydroxylation is 1. The van der Waals surface area contributed by atoms with Gasteiger partial charge in [0.1, 0.15) is 28.0 Å². The van der Waals surface area contributed by atoms with Crippen molar-refractivity contribution in [2.75, 3.05) is 13.7 Å². The van der Waals surface area contributed by atoms with Crippen LogP contribution >= 0.6 is 11.3 Å². The molecule has 0 saturated carbocycles. The van der Waals surface area contributed by atoms with Gasteiger partial charge in [-0.2, -0.15) is 0 Å². The molecule has 0 aliphatic rings. The van der Waals surface area contributed by atoms with E-state index in [1.54, 1.807) is 19.5 Å². The van der Waals surface area contributed by atoms with Gasteiger partial charge in [-0.3, -0.25) is 9.78 Å². The fourth-order valence-electron chi connectivity index (χ4n) is 2.50. The van der Waals surface area contributed by atoms with E-state index in [2.05, 4.69) is 15.3 Å². The lowest BCUT2D eigenvalue weighted by Gasteiger charge is -2.05. The fourth-order valence-corrected chi connectivity index (χ4v) is 3.39. The van der Waals surface area contributed by atoms with Gasteiger partial charge < -0.3 is 14.8 Å². The van der Waals surface area contributed by atoms with Crippen LogP contribution in [0.15, 0.2) is 48.8 Å². The molecule has 2 heterocycles. The topological polar surface area (TPSA) is 73.3 Å². The Morgan fingerprint density at radius 1 is 1.19 bits per heavy atom. The molecule has 3 rings (SSSR count). The van der Waals surface area contributed by atoms with E-state index in [9.17, 15) is 4.79 Å². The van der Waals surface area contributed by atoms with E-state index in [4.69, 9.17) is 9.47 Å². The molecule has 0 aliphatic heterocycles. The Hall–Kier alpha value is -2.93. The number of carbonyl (C=O) groups is 1. The number of hydrogen-bond acceptors (Lipinski definition) is 6. The maximum Gasteiger partial charge on any atom is 0.263 e. The highest BCUT2D eigenvalue weighted by atomic mass is 32.1. The van der Waals surface area contributed by atoms with Crippen molar-refractivity contribution in [2.24, 2.45) is 0 Å². The number of thiazole rings is 1. The third-order valence-electron chi connectivity index (χ3n) is 3.90. The van der Waals surface area contributed by atoms with Gasteiger partial charge in [0.15, 0.2) is 0 Å². The van der Waals surface area contributed by atoms with Crippen molar-refractivity contribution in [1.82, 2.24) is 15.3 Å². The van der Waals surface area contributed by atoms with E-state index in [0.717, 1.165) is 22.7 Å². The largest absolute Gasteiger partial charge is 0.497 e. The Morgan fingerprint density at radius 3 is 2.70 bits per heavy atom. The van der Waals surface area contributed by atoms with Gasteiger partial charge in [0.05, 0.1) is 19.0 Å². The number of aromatic nitrogens is 2. The van der Waals surface area contributed by atoms with E-state index in [-0.39, 0.29) is 5.91 Å². The highest BCUT2D eigenvalue weighted by molar-refractivity contribution is 7.13. The minimum absolute atomic E-state index is 0.105. The number of hydrogen-bond donors (Lipinski definition) is 1.